The van der Waals surface area contributed by atoms with E-state index < -0.39 is 12.1 Å². The molecule has 90 valence electrons. The van der Waals surface area contributed by atoms with Gasteiger partial charge in [-0.1, -0.05) is 6.07 Å². The molecule has 0 aromatic heterocycles. The zero-order valence-corrected chi connectivity index (χ0v) is 10.7. The summed E-state index contributed by atoms with van der Waals surface area (Å²) < 4.78 is 5.45. The van der Waals surface area contributed by atoms with E-state index in [2.05, 4.69) is 31.3 Å². The summed E-state index contributed by atoms with van der Waals surface area (Å²) in [7, 11) is 0. The minimum Gasteiger partial charge on any atom is -0.447 e. The van der Waals surface area contributed by atoms with E-state index >= 15 is 0 Å². The Kier molecular flexibility index (Phi) is 3.33. The molecule has 1 aliphatic heterocycles. The highest BCUT2D eigenvalue weighted by Crippen LogP contribution is 2.23. The second kappa shape index (κ2) is 4.75. The summed E-state index contributed by atoms with van der Waals surface area (Å²) in [6, 6.07) is 4.97. The van der Waals surface area contributed by atoms with E-state index in [9.17, 15) is 9.59 Å². The Morgan fingerprint density at radius 2 is 2.35 bits per heavy atom. The molecule has 17 heavy (non-hydrogen) atoms. The van der Waals surface area contributed by atoms with Gasteiger partial charge >= 0.3 is 6.09 Å². The number of amides is 2. The number of cyclic esters (lactones) is 1. The number of alkyl carbamates (subject to hydrolysis) is 1. The highest BCUT2D eigenvalue weighted by molar-refractivity contribution is 9.10. The van der Waals surface area contributed by atoms with Crippen molar-refractivity contribution in [2.24, 2.45) is 0 Å². The predicted molar refractivity (Wildman–Crippen MR) is 65.8 cm³/mol. The van der Waals surface area contributed by atoms with Crippen molar-refractivity contribution >= 4 is 33.6 Å². The predicted octanol–water partition coefficient (Wildman–Crippen LogP) is 1.80. The third kappa shape index (κ3) is 2.76. The second-order valence-electron chi connectivity index (χ2n) is 3.77. The van der Waals surface area contributed by atoms with E-state index in [1.54, 1.807) is 6.07 Å². The van der Waals surface area contributed by atoms with Gasteiger partial charge in [0.1, 0.15) is 12.6 Å². The number of halogens is 1. The smallest absolute Gasteiger partial charge is 0.407 e. The molecule has 1 aliphatic rings. The molecule has 5 nitrogen and oxygen atoms in total. The Bertz CT molecular complexity index is 476. The fourth-order valence-corrected chi connectivity index (χ4v) is 2.06. The third-order valence-corrected chi connectivity index (χ3v) is 3.03. The molecule has 0 bridgehead atoms. The van der Waals surface area contributed by atoms with Gasteiger partial charge in [-0.15, -0.1) is 0 Å². The van der Waals surface area contributed by atoms with Crippen LogP contribution in [0.2, 0.25) is 0 Å². The zero-order valence-electron chi connectivity index (χ0n) is 9.12. The van der Waals surface area contributed by atoms with Crippen LogP contribution in [-0.4, -0.2) is 24.6 Å². The van der Waals surface area contributed by atoms with Crippen LogP contribution in [0.1, 0.15) is 5.56 Å². The molecule has 2 N–H and O–H groups in total. The van der Waals surface area contributed by atoms with E-state index in [0.717, 1.165) is 10.0 Å². The van der Waals surface area contributed by atoms with Gasteiger partial charge in [-0.3, -0.25) is 4.79 Å². The van der Waals surface area contributed by atoms with Crippen LogP contribution in [0.15, 0.2) is 22.7 Å². The Labute approximate surface area is 107 Å². The molecule has 1 unspecified atom stereocenters. The lowest BCUT2D eigenvalue weighted by atomic mass is 10.2. The topological polar surface area (TPSA) is 67.4 Å². The number of rotatable bonds is 2. The quantitative estimate of drug-likeness (QED) is 0.875. The van der Waals surface area contributed by atoms with Crippen LogP contribution < -0.4 is 10.6 Å². The first kappa shape index (κ1) is 11.9. The molecule has 0 saturated carbocycles. The molecule has 1 aromatic carbocycles. The van der Waals surface area contributed by atoms with Gasteiger partial charge in [0.15, 0.2) is 0 Å². The maximum atomic E-state index is 11.8. The maximum Gasteiger partial charge on any atom is 0.407 e. The van der Waals surface area contributed by atoms with Gasteiger partial charge in [0, 0.05) is 4.47 Å². The van der Waals surface area contributed by atoms with Crippen molar-refractivity contribution in [3.05, 3.63) is 28.2 Å². The molecule has 2 amide bonds. The molecule has 0 aliphatic carbocycles. The highest BCUT2D eigenvalue weighted by Gasteiger charge is 2.28. The van der Waals surface area contributed by atoms with Crippen LogP contribution in [-0.2, 0) is 9.53 Å². The summed E-state index contributed by atoms with van der Waals surface area (Å²) in [6.07, 6.45) is -0.562. The van der Waals surface area contributed by atoms with E-state index in [1.807, 2.05) is 19.1 Å². The zero-order chi connectivity index (χ0) is 12.4. The molecular weight excluding hydrogens is 288 g/mol. The van der Waals surface area contributed by atoms with Crippen LogP contribution in [0.5, 0.6) is 0 Å². The number of carbonyl (C=O) groups is 2. The minimum absolute atomic E-state index is 0.0636. The van der Waals surface area contributed by atoms with Crippen LogP contribution in [0.4, 0.5) is 10.5 Å². The average molecular weight is 299 g/mol. The number of hydrogen-bond donors (Lipinski definition) is 2. The van der Waals surface area contributed by atoms with E-state index in [1.165, 1.54) is 0 Å². The first-order chi connectivity index (χ1) is 8.06. The number of hydrogen-bond acceptors (Lipinski definition) is 3. The largest absolute Gasteiger partial charge is 0.447 e. The standard InChI is InChI=1S/C11H11BrN2O3/c1-6-2-3-8(7(12)4-6)13-10(15)9-5-17-11(16)14-9/h2-4,9H,5H2,1H3,(H,13,15)(H,14,16). The van der Waals surface area contributed by atoms with Crippen molar-refractivity contribution in [2.45, 2.75) is 13.0 Å². The summed E-state index contributed by atoms with van der Waals surface area (Å²) in [5, 5.41) is 5.14. The molecule has 1 fully saturated rings. The lowest BCUT2D eigenvalue weighted by Crippen LogP contribution is -2.38. The molecule has 2 rings (SSSR count). The Morgan fingerprint density at radius 1 is 1.59 bits per heavy atom. The van der Waals surface area contributed by atoms with Crippen molar-refractivity contribution in [3.8, 4) is 0 Å². The fourth-order valence-electron chi connectivity index (χ4n) is 1.47. The van der Waals surface area contributed by atoms with Crippen LogP contribution in [0.25, 0.3) is 0 Å². The van der Waals surface area contributed by atoms with Gasteiger partial charge in [-0.25, -0.2) is 4.79 Å². The van der Waals surface area contributed by atoms with E-state index in [0.29, 0.717) is 5.69 Å². The number of nitrogens with one attached hydrogen (secondary N) is 2. The maximum absolute atomic E-state index is 11.8. The monoisotopic (exact) mass is 298 g/mol. The SMILES string of the molecule is Cc1ccc(NC(=O)C2COC(=O)N2)c(Br)c1. The third-order valence-electron chi connectivity index (χ3n) is 2.37. The van der Waals surface area contributed by atoms with Crippen molar-refractivity contribution in [1.29, 1.82) is 0 Å². The van der Waals surface area contributed by atoms with Crippen LogP contribution >= 0.6 is 15.9 Å². The van der Waals surface area contributed by atoms with Crippen LogP contribution in [0, 0.1) is 6.92 Å². The lowest BCUT2D eigenvalue weighted by Gasteiger charge is -2.10. The number of carbonyl (C=O) groups excluding carboxylic acids is 2. The lowest BCUT2D eigenvalue weighted by molar-refractivity contribution is -0.117. The van der Waals surface area contributed by atoms with Crippen molar-refractivity contribution in [2.75, 3.05) is 11.9 Å². The molecule has 1 saturated heterocycles. The Hall–Kier alpha value is -1.56. The van der Waals surface area contributed by atoms with E-state index in [4.69, 9.17) is 0 Å². The van der Waals surface area contributed by atoms with Gasteiger partial charge in [0.25, 0.3) is 5.91 Å². The second-order valence-corrected chi connectivity index (χ2v) is 4.62. The van der Waals surface area contributed by atoms with Crippen LogP contribution in [0.3, 0.4) is 0 Å². The fraction of sp³-hybridized carbons (Fsp3) is 0.273. The highest BCUT2D eigenvalue weighted by atomic mass is 79.9. The average Bonchev–Trinajstić information content (AvgIpc) is 2.69. The molecule has 0 spiro atoms. The van der Waals surface area contributed by atoms with Crippen molar-refractivity contribution in [1.82, 2.24) is 5.32 Å². The molecule has 1 aromatic rings. The summed E-state index contributed by atoms with van der Waals surface area (Å²) >= 11 is 3.36. The number of aryl methyl sites for hydroxylation is 1. The minimum atomic E-state index is -0.629. The molecule has 6 heteroatoms. The number of anilines is 1. The summed E-state index contributed by atoms with van der Waals surface area (Å²) in [5.41, 5.74) is 1.76. The molecule has 1 atom stereocenters. The van der Waals surface area contributed by atoms with Gasteiger partial charge in [-0.05, 0) is 40.5 Å². The Balaban J connectivity index is 2.05. The van der Waals surface area contributed by atoms with Gasteiger partial charge in [-0.2, -0.15) is 0 Å². The van der Waals surface area contributed by atoms with E-state index in [-0.39, 0.29) is 12.5 Å². The first-order valence-corrected chi connectivity index (χ1v) is 5.86. The molecular formula is C11H11BrN2O3. The van der Waals surface area contributed by atoms with Gasteiger partial charge < -0.3 is 15.4 Å². The molecule has 1 heterocycles. The Morgan fingerprint density at radius 3 is 2.94 bits per heavy atom. The summed E-state index contributed by atoms with van der Waals surface area (Å²) in [5.74, 6) is -0.291. The number of benzene rings is 1. The summed E-state index contributed by atoms with van der Waals surface area (Å²) in [6.45, 7) is 2.02. The van der Waals surface area contributed by atoms with Crippen molar-refractivity contribution in [3.63, 3.8) is 0 Å². The summed E-state index contributed by atoms with van der Waals surface area (Å²) in [4.78, 5) is 22.6. The molecule has 0 radical (unpaired) electrons. The first-order valence-electron chi connectivity index (χ1n) is 5.06. The van der Waals surface area contributed by atoms with Crippen molar-refractivity contribution < 1.29 is 14.3 Å². The normalized spacial score (nSPS) is 18.5. The number of ether oxygens (including phenoxy) is 1. The van der Waals surface area contributed by atoms with Gasteiger partial charge in [0.2, 0.25) is 0 Å². The van der Waals surface area contributed by atoms with Gasteiger partial charge in [0.05, 0.1) is 5.69 Å².